The van der Waals surface area contributed by atoms with Crippen LogP contribution in [0.5, 0.6) is 0 Å². The Balaban J connectivity index is 1.56. The minimum Gasteiger partial charge on any atom is -0.451 e. The summed E-state index contributed by atoms with van der Waals surface area (Å²) in [5.41, 5.74) is 0.393. The molecule has 3 rings (SSSR count). The summed E-state index contributed by atoms with van der Waals surface area (Å²) in [6.45, 7) is 3.08. The average molecular weight is 405 g/mol. The van der Waals surface area contributed by atoms with Crippen LogP contribution in [0.25, 0.3) is 11.5 Å². The average Bonchev–Trinajstić information content (AvgIpc) is 3.04. The van der Waals surface area contributed by atoms with Crippen molar-refractivity contribution in [2.75, 3.05) is 0 Å². The molecule has 1 aliphatic carbocycles. The number of benzene rings is 1. The summed E-state index contributed by atoms with van der Waals surface area (Å²) in [5.74, 6) is -2.10. The first-order valence-electron chi connectivity index (χ1n) is 9.67. The van der Waals surface area contributed by atoms with E-state index in [0.29, 0.717) is 11.5 Å². The van der Waals surface area contributed by atoms with Gasteiger partial charge in [-0.3, -0.25) is 9.59 Å². The molecule has 1 saturated carbocycles. The van der Waals surface area contributed by atoms with Crippen molar-refractivity contribution < 1.29 is 23.1 Å². The zero-order valence-electron chi connectivity index (χ0n) is 16.4. The van der Waals surface area contributed by atoms with E-state index in [9.17, 15) is 18.8 Å². The second-order valence-corrected chi connectivity index (χ2v) is 7.35. The van der Waals surface area contributed by atoms with Gasteiger partial charge in [0.05, 0.1) is 0 Å². The third kappa shape index (κ3) is 5.30. The van der Waals surface area contributed by atoms with Crippen LogP contribution in [0.4, 0.5) is 4.39 Å². The number of carbonyl (C=O) groups is 2. The van der Waals surface area contributed by atoms with E-state index >= 15 is 0 Å². The Labute approximate surface area is 167 Å². The SMILES string of the molecule is CC(OC(=O)Cn1nc(-c2ccc(F)cc2)oc1=O)C(=O)NC1CCCCC1C. The quantitative estimate of drug-likeness (QED) is 0.740. The fourth-order valence-electron chi connectivity index (χ4n) is 3.36. The van der Waals surface area contributed by atoms with Gasteiger partial charge in [0.2, 0.25) is 5.89 Å². The van der Waals surface area contributed by atoms with Gasteiger partial charge in [0, 0.05) is 11.6 Å². The van der Waals surface area contributed by atoms with Crippen molar-refractivity contribution in [2.45, 2.75) is 58.2 Å². The molecule has 1 aromatic carbocycles. The smallest absolute Gasteiger partial charge is 0.437 e. The molecular weight excluding hydrogens is 381 g/mol. The van der Waals surface area contributed by atoms with Crippen molar-refractivity contribution in [2.24, 2.45) is 5.92 Å². The normalized spacial score (nSPS) is 20.1. The lowest BCUT2D eigenvalue weighted by molar-refractivity contribution is -0.156. The maximum atomic E-state index is 13.0. The third-order valence-electron chi connectivity index (χ3n) is 5.09. The molecule has 1 fully saturated rings. The molecule has 1 aromatic heterocycles. The summed E-state index contributed by atoms with van der Waals surface area (Å²) in [4.78, 5) is 36.3. The Morgan fingerprint density at radius 3 is 2.69 bits per heavy atom. The van der Waals surface area contributed by atoms with Crippen molar-refractivity contribution in [1.82, 2.24) is 15.1 Å². The monoisotopic (exact) mass is 405 g/mol. The van der Waals surface area contributed by atoms with Gasteiger partial charge in [-0.1, -0.05) is 19.8 Å². The van der Waals surface area contributed by atoms with Crippen LogP contribution < -0.4 is 11.1 Å². The molecule has 0 saturated heterocycles. The number of aromatic nitrogens is 2. The molecule has 29 heavy (non-hydrogen) atoms. The van der Waals surface area contributed by atoms with Gasteiger partial charge in [-0.2, -0.15) is 4.68 Å². The van der Waals surface area contributed by atoms with Gasteiger partial charge >= 0.3 is 11.7 Å². The minimum atomic E-state index is -0.990. The zero-order valence-corrected chi connectivity index (χ0v) is 16.4. The molecule has 1 N–H and O–H groups in total. The molecule has 0 bridgehead atoms. The van der Waals surface area contributed by atoms with Crippen LogP contribution in [-0.4, -0.2) is 33.8 Å². The molecule has 1 aliphatic rings. The fraction of sp³-hybridized carbons (Fsp3) is 0.500. The van der Waals surface area contributed by atoms with E-state index in [0.717, 1.165) is 30.4 Å². The second-order valence-electron chi connectivity index (χ2n) is 7.35. The van der Waals surface area contributed by atoms with Crippen LogP contribution in [-0.2, 0) is 20.9 Å². The van der Waals surface area contributed by atoms with Gasteiger partial charge in [0.25, 0.3) is 5.91 Å². The van der Waals surface area contributed by atoms with Crippen LogP contribution in [0, 0.1) is 11.7 Å². The van der Waals surface area contributed by atoms with Gasteiger partial charge in [-0.15, -0.1) is 5.10 Å². The number of rotatable bonds is 6. The van der Waals surface area contributed by atoms with Gasteiger partial charge in [-0.25, -0.2) is 9.18 Å². The van der Waals surface area contributed by atoms with E-state index in [1.807, 2.05) is 0 Å². The largest absolute Gasteiger partial charge is 0.451 e. The number of nitrogens with one attached hydrogen (secondary N) is 1. The van der Waals surface area contributed by atoms with Crippen LogP contribution in [0.1, 0.15) is 39.5 Å². The molecular formula is C20H24FN3O5. The van der Waals surface area contributed by atoms with Crippen LogP contribution in [0.2, 0.25) is 0 Å². The fourth-order valence-corrected chi connectivity index (χ4v) is 3.36. The van der Waals surface area contributed by atoms with Crippen molar-refractivity contribution in [3.63, 3.8) is 0 Å². The van der Waals surface area contributed by atoms with Crippen LogP contribution in [0.3, 0.4) is 0 Å². The molecule has 0 aliphatic heterocycles. The lowest BCUT2D eigenvalue weighted by atomic mass is 9.86. The highest BCUT2D eigenvalue weighted by Crippen LogP contribution is 2.23. The lowest BCUT2D eigenvalue weighted by Gasteiger charge is -2.30. The Morgan fingerprint density at radius 2 is 2.00 bits per heavy atom. The van der Waals surface area contributed by atoms with Gasteiger partial charge in [0.1, 0.15) is 12.4 Å². The van der Waals surface area contributed by atoms with Crippen LogP contribution in [0.15, 0.2) is 33.5 Å². The molecule has 3 unspecified atom stereocenters. The third-order valence-corrected chi connectivity index (χ3v) is 5.09. The maximum absolute atomic E-state index is 13.0. The Hall–Kier alpha value is -2.97. The molecule has 1 heterocycles. The van der Waals surface area contributed by atoms with E-state index in [4.69, 9.17) is 9.15 Å². The number of hydrogen-bond acceptors (Lipinski definition) is 6. The molecule has 2 aromatic rings. The summed E-state index contributed by atoms with van der Waals surface area (Å²) >= 11 is 0. The van der Waals surface area contributed by atoms with Crippen molar-refractivity contribution in [1.29, 1.82) is 0 Å². The van der Waals surface area contributed by atoms with E-state index in [2.05, 4.69) is 17.3 Å². The number of esters is 1. The maximum Gasteiger partial charge on any atom is 0.437 e. The summed E-state index contributed by atoms with van der Waals surface area (Å²) in [6.07, 6.45) is 3.20. The Morgan fingerprint density at radius 1 is 1.31 bits per heavy atom. The predicted octanol–water partition coefficient (Wildman–Crippen LogP) is 2.27. The number of hydrogen-bond donors (Lipinski definition) is 1. The second kappa shape index (κ2) is 9.02. The summed E-state index contributed by atoms with van der Waals surface area (Å²) in [7, 11) is 0. The number of halogens is 1. The standard InChI is InChI=1S/C20H24FN3O5/c1-12-5-3-4-6-16(12)22-18(26)13(2)28-17(25)11-24-20(27)29-19(23-24)14-7-9-15(21)10-8-14/h7-10,12-13,16H,3-6,11H2,1-2H3,(H,22,26). The number of carbonyl (C=O) groups excluding carboxylic acids is 2. The first-order valence-corrected chi connectivity index (χ1v) is 9.67. The topological polar surface area (TPSA) is 103 Å². The molecule has 1 amide bonds. The van der Waals surface area contributed by atoms with Crippen LogP contribution >= 0.6 is 0 Å². The van der Waals surface area contributed by atoms with Crippen molar-refractivity contribution >= 4 is 11.9 Å². The summed E-state index contributed by atoms with van der Waals surface area (Å²) in [5, 5.41) is 6.85. The van der Waals surface area contributed by atoms with E-state index in [-0.39, 0.29) is 17.8 Å². The Kier molecular flexibility index (Phi) is 6.46. The van der Waals surface area contributed by atoms with Crippen molar-refractivity contribution in [3.8, 4) is 11.5 Å². The highest BCUT2D eigenvalue weighted by molar-refractivity contribution is 5.83. The molecule has 9 heteroatoms. The molecule has 8 nitrogen and oxygen atoms in total. The molecule has 0 spiro atoms. The summed E-state index contributed by atoms with van der Waals surface area (Å²) < 4.78 is 23.9. The van der Waals surface area contributed by atoms with Gasteiger partial charge in [-0.05, 0) is 49.9 Å². The number of amides is 1. The predicted molar refractivity (Wildman–Crippen MR) is 101 cm³/mol. The number of ether oxygens (including phenoxy) is 1. The van der Waals surface area contributed by atoms with E-state index in [1.54, 1.807) is 0 Å². The van der Waals surface area contributed by atoms with Gasteiger partial charge < -0.3 is 14.5 Å². The highest BCUT2D eigenvalue weighted by Gasteiger charge is 2.26. The highest BCUT2D eigenvalue weighted by atomic mass is 19.1. The molecule has 156 valence electrons. The Bertz CT molecular complexity index is 921. The first-order chi connectivity index (χ1) is 13.8. The number of nitrogens with zero attached hydrogens (tertiary/aromatic N) is 2. The lowest BCUT2D eigenvalue weighted by Crippen LogP contribution is -2.46. The van der Waals surface area contributed by atoms with E-state index in [1.165, 1.54) is 31.2 Å². The minimum absolute atomic E-state index is 0.0418. The zero-order chi connectivity index (χ0) is 21.0. The molecule has 3 atom stereocenters. The summed E-state index contributed by atoms with van der Waals surface area (Å²) in [6, 6.07) is 5.30. The van der Waals surface area contributed by atoms with E-state index < -0.39 is 30.2 Å². The first kappa shape index (κ1) is 20.8. The van der Waals surface area contributed by atoms with Gasteiger partial charge in [0.15, 0.2) is 6.10 Å². The molecule has 0 radical (unpaired) electrons. The van der Waals surface area contributed by atoms with Crippen molar-refractivity contribution in [3.05, 3.63) is 40.6 Å².